The highest BCUT2D eigenvalue weighted by Crippen LogP contribution is 2.22. The molecule has 0 spiro atoms. The first-order valence-corrected chi connectivity index (χ1v) is 8.97. The fourth-order valence-corrected chi connectivity index (χ4v) is 2.87. The number of hydrogen-bond donors (Lipinski definition) is 1. The van der Waals surface area contributed by atoms with Gasteiger partial charge < -0.3 is 4.74 Å². The van der Waals surface area contributed by atoms with Crippen molar-refractivity contribution in [1.82, 2.24) is 10.0 Å². The zero-order chi connectivity index (χ0) is 17.4. The summed E-state index contributed by atoms with van der Waals surface area (Å²) in [5.41, 5.74) is 0. The van der Waals surface area contributed by atoms with Crippen LogP contribution in [0.1, 0.15) is 6.92 Å². The molecular formula is C17H19N2O4S. The van der Waals surface area contributed by atoms with Crippen molar-refractivity contribution in [2.75, 3.05) is 19.6 Å². The third-order valence-corrected chi connectivity index (χ3v) is 4.50. The highest BCUT2D eigenvalue weighted by Gasteiger charge is 2.15. The average Bonchev–Trinajstić information content (AvgIpc) is 2.59. The van der Waals surface area contributed by atoms with Crippen molar-refractivity contribution in [3.8, 4) is 11.5 Å². The van der Waals surface area contributed by atoms with Crippen molar-refractivity contribution < 1.29 is 17.9 Å². The molecule has 7 heteroatoms. The van der Waals surface area contributed by atoms with Crippen LogP contribution in [-0.4, -0.2) is 33.8 Å². The maximum absolute atomic E-state index is 12.1. The number of nitrogens with zero attached hydrogens (tertiary/aromatic N) is 1. The molecule has 0 aliphatic rings. The minimum atomic E-state index is -3.74. The van der Waals surface area contributed by atoms with E-state index in [4.69, 9.17) is 4.74 Å². The molecule has 2 aromatic rings. The first-order valence-electron chi connectivity index (χ1n) is 7.49. The Bertz CT molecular complexity index is 759. The monoisotopic (exact) mass is 347 g/mol. The van der Waals surface area contributed by atoms with E-state index in [9.17, 15) is 13.2 Å². The van der Waals surface area contributed by atoms with Crippen LogP contribution in [-0.2, 0) is 14.8 Å². The van der Waals surface area contributed by atoms with E-state index in [-0.39, 0.29) is 23.8 Å². The molecule has 2 rings (SSSR count). The van der Waals surface area contributed by atoms with Crippen molar-refractivity contribution in [3.63, 3.8) is 0 Å². The molecule has 1 radical (unpaired) electrons. The lowest BCUT2D eigenvalue weighted by atomic mass is 10.3. The molecule has 0 saturated heterocycles. The maximum Gasteiger partial charge on any atom is 0.240 e. The van der Waals surface area contributed by atoms with Gasteiger partial charge in [-0.15, -0.1) is 0 Å². The van der Waals surface area contributed by atoms with Gasteiger partial charge in [-0.3, -0.25) is 4.79 Å². The first-order chi connectivity index (χ1) is 11.5. The van der Waals surface area contributed by atoms with Crippen LogP contribution < -0.4 is 14.8 Å². The largest absolute Gasteiger partial charge is 0.457 e. The van der Waals surface area contributed by atoms with E-state index in [0.29, 0.717) is 18.0 Å². The summed E-state index contributed by atoms with van der Waals surface area (Å²) in [4.78, 5) is 11.6. The van der Waals surface area contributed by atoms with Gasteiger partial charge in [-0.1, -0.05) is 25.1 Å². The smallest absolute Gasteiger partial charge is 0.240 e. The van der Waals surface area contributed by atoms with Crippen molar-refractivity contribution in [2.45, 2.75) is 11.8 Å². The van der Waals surface area contributed by atoms with Gasteiger partial charge in [0.05, 0.1) is 18.0 Å². The second-order valence-electron chi connectivity index (χ2n) is 4.95. The normalized spacial score (nSPS) is 11.2. The second-order valence-corrected chi connectivity index (χ2v) is 6.71. The minimum absolute atomic E-state index is 0.0167. The van der Waals surface area contributed by atoms with Gasteiger partial charge in [0.2, 0.25) is 10.0 Å². The number of carbonyl (C=O) groups excluding carboxylic acids is 1. The predicted octanol–water partition coefficient (Wildman–Crippen LogP) is 1.95. The fraction of sp³-hybridized carbons (Fsp3) is 0.235. The van der Waals surface area contributed by atoms with Gasteiger partial charge in [0.15, 0.2) is 5.78 Å². The SMILES string of the molecule is CC[N]CC(=O)CNS(=O)(=O)c1ccc(Oc2ccccc2)cc1. The van der Waals surface area contributed by atoms with E-state index < -0.39 is 10.0 Å². The van der Waals surface area contributed by atoms with Gasteiger partial charge in [-0.05, 0) is 36.4 Å². The van der Waals surface area contributed by atoms with E-state index >= 15 is 0 Å². The van der Waals surface area contributed by atoms with Crippen molar-refractivity contribution >= 4 is 15.8 Å². The highest BCUT2D eigenvalue weighted by molar-refractivity contribution is 7.89. The lowest BCUT2D eigenvalue weighted by molar-refractivity contribution is -0.117. The molecule has 2 aromatic carbocycles. The quantitative estimate of drug-likeness (QED) is 0.751. The number of rotatable bonds is 9. The van der Waals surface area contributed by atoms with Crippen LogP contribution in [0, 0.1) is 0 Å². The van der Waals surface area contributed by atoms with Crippen LogP contribution in [0.3, 0.4) is 0 Å². The summed E-state index contributed by atoms with van der Waals surface area (Å²) in [6, 6.07) is 15.2. The van der Waals surface area contributed by atoms with Gasteiger partial charge in [-0.25, -0.2) is 18.5 Å². The zero-order valence-corrected chi connectivity index (χ0v) is 14.1. The van der Waals surface area contributed by atoms with Gasteiger partial charge in [0, 0.05) is 6.54 Å². The van der Waals surface area contributed by atoms with E-state index in [1.807, 2.05) is 25.1 Å². The van der Waals surface area contributed by atoms with E-state index in [0.717, 1.165) is 0 Å². The number of ketones is 1. The molecule has 0 fully saturated rings. The molecule has 0 bridgehead atoms. The van der Waals surface area contributed by atoms with E-state index in [2.05, 4.69) is 10.0 Å². The van der Waals surface area contributed by atoms with Crippen molar-refractivity contribution in [1.29, 1.82) is 0 Å². The van der Waals surface area contributed by atoms with Gasteiger partial charge in [-0.2, -0.15) is 0 Å². The Labute approximate surface area is 141 Å². The number of sulfonamides is 1. The Balaban J connectivity index is 1.97. The van der Waals surface area contributed by atoms with Crippen LogP contribution >= 0.6 is 0 Å². The lowest BCUT2D eigenvalue weighted by Gasteiger charge is -2.08. The third-order valence-electron chi connectivity index (χ3n) is 3.08. The predicted molar refractivity (Wildman–Crippen MR) is 90.7 cm³/mol. The van der Waals surface area contributed by atoms with Crippen LogP contribution in [0.15, 0.2) is 59.5 Å². The molecule has 0 atom stereocenters. The molecule has 6 nitrogen and oxygen atoms in total. The number of hydrogen-bond acceptors (Lipinski definition) is 4. The van der Waals surface area contributed by atoms with Crippen LogP contribution in [0.2, 0.25) is 0 Å². The number of carbonyl (C=O) groups is 1. The molecule has 0 saturated carbocycles. The number of nitrogens with one attached hydrogen (secondary N) is 1. The number of ether oxygens (including phenoxy) is 1. The summed E-state index contributed by atoms with van der Waals surface area (Å²) < 4.78 is 32.2. The van der Waals surface area contributed by atoms with Gasteiger partial charge >= 0.3 is 0 Å². The molecule has 1 N–H and O–H groups in total. The molecule has 0 aromatic heterocycles. The molecule has 0 aliphatic heterocycles. The molecule has 127 valence electrons. The molecule has 0 heterocycles. The van der Waals surface area contributed by atoms with Gasteiger partial charge in [0.1, 0.15) is 11.5 Å². The molecular weight excluding hydrogens is 328 g/mol. The standard InChI is InChI=1S/C17H19N2O4S/c1-2-18-12-14(20)13-19-24(21,22)17-10-8-16(9-11-17)23-15-6-4-3-5-7-15/h3-11,19H,2,12-13H2,1H3. The summed E-state index contributed by atoms with van der Waals surface area (Å²) in [6.45, 7) is 2.09. The van der Waals surface area contributed by atoms with Crippen molar-refractivity contribution in [2.24, 2.45) is 0 Å². The second kappa shape index (κ2) is 8.58. The molecule has 0 amide bonds. The minimum Gasteiger partial charge on any atom is -0.457 e. The maximum atomic E-state index is 12.1. The Morgan fingerprint density at radius 1 is 1.04 bits per heavy atom. The average molecular weight is 347 g/mol. The summed E-state index contributed by atoms with van der Waals surface area (Å²) in [6.07, 6.45) is 0. The topological polar surface area (TPSA) is 86.6 Å². The third kappa shape index (κ3) is 5.45. The Kier molecular flexibility index (Phi) is 6.48. The number of Topliss-reactive ketones (excluding diaryl/α,β-unsaturated/α-hetero) is 1. The number of benzene rings is 2. The summed E-state index contributed by atoms with van der Waals surface area (Å²) in [7, 11) is -3.74. The van der Waals surface area contributed by atoms with Crippen LogP contribution in [0.4, 0.5) is 0 Å². The highest BCUT2D eigenvalue weighted by atomic mass is 32.2. The van der Waals surface area contributed by atoms with E-state index in [1.165, 1.54) is 12.1 Å². The summed E-state index contributed by atoms with van der Waals surface area (Å²) in [5.74, 6) is 0.916. The summed E-state index contributed by atoms with van der Waals surface area (Å²) in [5, 5.41) is 3.90. The van der Waals surface area contributed by atoms with Crippen LogP contribution in [0.25, 0.3) is 0 Å². The summed E-state index contributed by atoms with van der Waals surface area (Å²) >= 11 is 0. The fourth-order valence-electron chi connectivity index (χ4n) is 1.86. The molecule has 0 unspecified atom stereocenters. The number of para-hydroxylation sites is 1. The van der Waals surface area contributed by atoms with Crippen molar-refractivity contribution in [3.05, 3.63) is 54.6 Å². The van der Waals surface area contributed by atoms with Gasteiger partial charge in [0.25, 0.3) is 0 Å². The lowest BCUT2D eigenvalue weighted by Crippen LogP contribution is -2.33. The Morgan fingerprint density at radius 2 is 1.67 bits per heavy atom. The Hall–Kier alpha value is -2.22. The molecule has 24 heavy (non-hydrogen) atoms. The Morgan fingerprint density at radius 3 is 2.29 bits per heavy atom. The van der Waals surface area contributed by atoms with E-state index in [1.54, 1.807) is 24.3 Å². The number of likely N-dealkylation sites (N-methyl/N-ethyl adjacent to an activating group) is 1. The first kappa shape index (κ1) is 18.1. The molecule has 0 aliphatic carbocycles. The zero-order valence-electron chi connectivity index (χ0n) is 13.3. The van der Waals surface area contributed by atoms with Crippen LogP contribution in [0.5, 0.6) is 11.5 Å².